The van der Waals surface area contributed by atoms with Crippen molar-refractivity contribution in [1.82, 2.24) is 0 Å². The van der Waals surface area contributed by atoms with E-state index in [0.717, 1.165) is 5.33 Å². The normalized spacial score (nSPS) is 11.4. The van der Waals surface area contributed by atoms with Crippen molar-refractivity contribution in [3.05, 3.63) is 0 Å². The summed E-state index contributed by atoms with van der Waals surface area (Å²) < 4.78 is 1.17. The van der Waals surface area contributed by atoms with Crippen LogP contribution in [-0.2, 0) is 0 Å². The molecule has 0 radical (unpaired) electrons. The van der Waals surface area contributed by atoms with Gasteiger partial charge in [0.05, 0.1) is 32.5 Å². The molecule has 0 aliphatic carbocycles. The summed E-state index contributed by atoms with van der Waals surface area (Å²) in [7, 11) is 4.69. The molecule has 0 aliphatic heterocycles. The molecular formula is C18H39BrIN. The predicted octanol–water partition coefficient (Wildman–Crippen LogP) is 3.16. The molecule has 0 amide bonds. The van der Waals surface area contributed by atoms with Gasteiger partial charge in [-0.1, -0.05) is 87.1 Å². The number of nitrogens with zero attached hydrogens (tertiary/aromatic N) is 1. The van der Waals surface area contributed by atoms with Gasteiger partial charge >= 0.3 is 0 Å². The zero-order chi connectivity index (χ0) is 15.1. The lowest BCUT2D eigenvalue weighted by atomic mass is 10.1. The van der Waals surface area contributed by atoms with E-state index in [-0.39, 0.29) is 24.0 Å². The summed E-state index contributed by atoms with van der Waals surface area (Å²) in [6.07, 6.45) is 17.3. The van der Waals surface area contributed by atoms with Crippen LogP contribution in [0.1, 0.15) is 84.0 Å². The smallest absolute Gasteiger partial charge is 0.0880 e. The molecule has 0 N–H and O–H groups in total. The molecular weight excluding hydrogens is 437 g/mol. The lowest BCUT2D eigenvalue weighted by Gasteiger charge is -2.29. The second kappa shape index (κ2) is 17.5. The van der Waals surface area contributed by atoms with Crippen molar-refractivity contribution < 1.29 is 28.5 Å². The minimum atomic E-state index is 0. The van der Waals surface area contributed by atoms with Gasteiger partial charge in [0.15, 0.2) is 0 Å². The Labute approximate surface area is 160 Å². The van der Waals surface area contributed by atoms with Crippen LogP contribution in [-0.4, -0.2) is 37.0 Å². The highest BCUT2D eigenvalue weighted by molar-refractivity contribution is 9.09. The number of halogens is 2. The van der Waals surface area contributed by atoms with E-state index in [9.17, 15) is 0 Å². The van der Waals surface area contributed by atoms with Crippen molar-refractivity contribution in [3.8, 4) is 0 Å². The Morgan fingerprint density at radius 3 is 1.38 bits per heavy atom. The first-order valence-corrected chi connectivity index (χ1v) is 10.1. The van der Waals surface area contributed by atoms with E-state index < -0.39 is 0 Å². The third-order valence-corrected chi connectivity index (χ3v) is 4.66. The maximum atomic E-state index is 3.55. The second-order valence-electron chi connectivity index (χ2n) is 6.96. The molecule has 0 rings (SSSR count). The van der Waals surface area contributed by atoms with E-state index in [1.165, 1.54) is 94.6 Å². The molecule has 1 nitrogen and oxygen atoms in total. The molecule has 0 saturated heterocycles. The minimum absolute atomic E-state index is 0. The molecule has 3 heteroatoms. The molecule has 0 spiro atoms. The number of hydrogen-bond donors (Lipinski definition) is 0. The van der Waals surface area contributed by atoms with Crippen LogP contribution in [0.15, 0.2) is 0 Å². The van der Waals surface area contributed by atoms with Gasteiger partial charge in [-0.2, -0.15) is 0 Å². The highest BCUT2D eigenvalue weighted by Gasteiger charge is 2.12. The van der Waals surface area contributed by atoms with Gasteiger partial charge in [0.25, 0.3) is 0 Å². The fourth-order valence-corrected chi connectivity index (χ4v) is 3.68. The van der Waals surface area contributed by atoms with Gasteiger partial charge in [-0.15, -0.1) is 0 Å². The van der Waals surface area contributed by atoms with Crippen LogP contribution in [0, 0.1) is 0 Å². The van der Waals surface area contributed by atoms with Crippen LogP contribution in [0.2, 0.25) is 0 Å². The maximum Gasteiger partial charge on any atom is 0.0880 e. The van der Waals surface area contributed by atoms with Crippen molar-refractivity contribution in [2.45, 2.75) is 84.0 Å². The summed E-state index contributed by atoms with van der Waals surface area (Å²) in [5, 5.41) is 1.12. The molecule has 0 fully saturated rings. The molecule has 0 aromatic heterocycles. The van der Waals surface area contributed by atoms with E-state index in [2.05, 4.69) is 36.9 Å². The minimum Gasteiger partial charge on any atom is -1.00 e. The summed E-state index contributed by atoms with van der Waals surface area (Å²) in [6, 6.07) is 0. The van der Waals surface area contributed by atoms with Gasteiger partial charge in [0.2, 0.25) is 0 Å². The third kappa shape index (κ3) is 19.1. The van der Waals surface area contributed by atoms with Crippen molar-refractivity contribution in [3.63, 3.8) is 0 Å². The fourth-order valence-electron chi connectivity index (χ4n) is 2.72. The third-order valence-electron chi connectivity index (χ3n) is 4.31. The Morgan fingerprint density at radius 2 is 1.00 bits per heavy atom. The number of quaternary nitrogens is 1. The van der Waals surface area contributed by atoms with Crippen molar-refractivity contribution >= 4 is 15.9 Å². The molecule has 0 aromatic rings. The highest BCUT2D eigenvalue weighted by atomic mass is 127. The van der Waals surface area contributed by atoms with Gasteiger partial charge < -0.3 is 28.5 Å². The summed E-state index contributed by atoms with van der Waals surface area (Å²) in [5.74, 6) is 0. The van der Waals surface area contributed by atoms with Crippen LogP contribution in [0.4, 0.5) is 0 Å². The zero-order valence-electron chi connectivity index (χ0n) is 14.8. The summed E-state index contributed by atoms with van der Waals surface area (Å²) in [6.45, 7) is 4.88. The fraction of sp³-hybridized carbons (Fsp3) is 1.00. The molecule has 0 unspecified atom stereocenters. The molecule has 0 saturated carbocycles. The molecule has 0 aromatic carbocycles. The first-order valence-electron chi connectivity index (χ1n) is 9.00. The maximum absolute atomic E-state index is 3.55. The number of alkyl halides is 1. The van der Waals surface area contributed by atoms with E-state index in [1.807, 2.05) is 0 Å². The van der Waals surface area contributed by atoms with Crippen LogP contribution in [0.5, 0.6) is 0 Å². The molecule has 0 atom stereocenters. The van der Waals surface area contributed by atoms with Crippen LogP contribution < -0.4 is 24.0 Å². The van der Waals surface area contributed by atoms with Gasteiger partial charge in [-0.3, -0.25) is 0 Å². The van der Waals surface area contributed by atoms with Crippen molar-refractivity contribution in [2.24, 2.45) is 0 Å². The molecule has 0 bridgehead atoms. The number of unbranched alkanes of at least 4 members (excludes halogenated alkanes) is 11. The molecule has 130 valence electrons. The molecule has 21 heavy (non-hydrogen) atoms. The lowest BCUT2D eigenvalue weighted by Crippen LogP contribution is -3.00. The summed E-state index contributed by atoms with van der Waals surface area (Å²) >= 11 is 3.55. The standard InChI is InChI=1S/C18H39BrN.HI/c1-4-5-6-7-8-9-10-11-12-13-14-15-17-20(2,3)18-16-19;/h4-18H2,1-3H3;1H/q+1;/p-1. The zero-order valence-corrected chi connectivity index (χ0v) is 18.6. The first-order chi connectivity index (χ1) is 9.62. The van der Waals surface area contributed by atoms with E-state index in [1.54, 1.807) is 0 Å². The van der Waals surface area contributed by atoms with Gasteiger partial charge in [0.1, 0.15) is 0 Å². The van der Waals surface area contributed by atoms with Crippen LogP contribution >= 0.6 is 15.9 Å². The SMILES string of the molecule is CCCCCCCCCCCCCC[N+](C)(C)CCBr.[I-]. The van der Waals surface area contributed by atoms with Crippen molar-refractivity contribution in [2.75, 3.05) is 32.5 Å². The Balaban J connectivity index is 0. The summed E-state index contributed by atoms with van der Waals surface area (Å²) in [4.78, 5) is 0. The Bertz CT molecular complexity index is 198. The largest absolute Gasteiger partial charge is 1.00 e. The van der Waals surface area contributed by atoms with E-state index in [0.29, 0.717) is 0 Å². The Morgan fingerprint density at radius 1 is 0.619 bits per heavy atom. The average Bonchev–Trinajstić information content (AvgIpc) is 2.40. The van der Waals surface area contributed by atoms with Crippen molar-refractivity contribution in [1.29, 1.82) is 0 Å². The second-order valence-corrected chi connectivity index (χ2v) is 7.75. The lowest BCUT2D eigenvalue weighted by molar-refractivity contribution is -0.887. The van der Waals surface area contributed by atoms with Crippen LogP contribution in [0.3, 0.4) is 0 Å². The Hall–Kier alpha value is 1.17. The molecule has 0 heterocycles. The topological polar surface area (TPSA) is 0 Å². The monoisotopic (exact) mass is 475 g/mol. The number of hydrogen-bond acceptors (Lipinski definition) is 0. The first kappa shape index (κ1) is 24.4. The predicted molar refractivity (Wildman–Crippen MR) is 96.7 cm³/mol. The average molecular weight is 476 g/mol. The Kier molecular flexibility index (Phi) is 20.4. The van der Waals surface area contributed by atoms with Crippen LogP contribution in [0.25, 0.3) is 0 Å². The quantitative estimate of drug-likeness (QED) is 0.148. The summed E-state index contributed by atoms with van der Waals surface area (Å²) in [5.41, 5.74) is 0. The van der Waals surface area contributed by atoms with E-state index >= 15 is 0 Å². The van der Waals surface area contributed by atoms with Gasteiger partial charge in [-0.05, 0) is 12.8 Å². The highest BCUT2D eigenvalue weighted by Crippen LogP contribution is 2.12. The van der Waals surface area contributed by atoms with Gasteiger partial charge in [-0.25, -0.2) is 0 Å². The van der Waals surface area contributed by atoms with E-state index in [4.69, 9.17) is 0 Å². The number of rotatable bonds is 15. The van der Waals surface area contributed by atoms with Gasteiger partial charge in [0, 0.05) is 0 Å². The molecule has 0 aliphatic rings.